The molecule has 13 heteroatoms. The monoisotopic (exact) mass is 664 g/mol. The van der Waals surface area contributed by atoms with Crippen molar-refractivity contribution in [1.29, 1.82) is 0 Å². The molecule has 3 heterocycles. The van der Waals surface area contributed by atoms with Gasteiger partial charge in [0.25, 0.3) is 11.8 Å². The molecule has 3 aliphatic rings. The maximum atomic E-state index is 13.5. The minimum Gasteiger partial charge on any atom is -0.483 e. The predicted octanol–water partition coefficient (Wildman–Crippen LogP) is 3.17. The topological polar surface area (TPSA) is 150 Å². The van der Waals surface area contributed by atoms with E-state index in [0.29, 0.717) is 68.8 Å². The van der Waals surface area contributed by atoms with Crippen LogP contribution in [0.1, 0.15) is 81.3 Å². The van der Waals surface area contributed by atoms with Crippen LogP contribution in [0.2, 0.25) is 0 Å². The quantitative estimate of drug-likeness (QED) is 0.329. The third-order valence-electron chi connectivity index (χ3n) is 9.42. The zero-order chi connectivity index (χ0) is 34.2. The number of carbonyl (C=O) groups excluding carboxylic acids is 5. The summed E-state index contributed by atoms with van der Waals surface area (Å²) in [6, 6.07) is 5.95. The van der Waals surface area contributed by atoms with Crippen molar-refractivity contribution in [2.75, 3.05) is 45.9 Å². The summed E-state index contributed by atoms with van der Waals surface area (Å²) in [6.07, 6.45) is 6.14. The summed E-state index contributed by atoms with van der Waals surface area (Å²) in [4.78, 5) is 74.8. The normalized spacial score (nSPS) is 18.6. The van der Waals surface area contributed by atoms with Crippen LogP contribution in [0.15, 0.2) is 24.3 Å². The molecule has 5 amide bonds. The van der Waals surface area contributed by atoms with E-state index in [1.807, 2.05) is 39.0 Å². The third-order valence-corrected chi connectivity index (χ3v) is 9.42. The maximum Gasteiger partial charge on any atom is 0.409 e. The van der Waals surface area contributed by atoms with Gasteiger partial charge in [-0.3, -0.25) is 19.2 Å². The first-order valence-corrected chi connectivity index (χ1v) is 17.3. The van der Waals surface area contributed by atoms with Crippen LogP contribution in [0.4, 0.5) is 4.79 Å². The second-order valence-electron chi connectivity index (χ2n) is 12.9. The van der Waals surface area contributed by atoms with Crippen LogP contribution in [-0.4, -0.2) is 113 Å². The minimum atomic E-state index is -0.792. The zero-order valence-corrected chi connectivity index (χ0v) is 28.3. The number of likely N-dealkylation sites (tertiary alicyclic amines) is 1. The molecule has 260 valence electrons. The van der Waals surface area contributed by atoms with Crippen molar-refractivity contribution in [1.82, 2.24) is 30.3 Å². The van der Waals surface area contributed by atoms with Crippen molar-refractivity contribution in [2.45, 2.75) is 90.3 Å². The Balaban J connectivity index is 1.23. The van der Waals surface area contributed by atoms with Gasteiger partial charge in [-0.2, -0.15) is 0 Å². The van der Waals surface area contributed by atoms with Gasteiger partial charge in [-0.15, -0.1) is 0 Å². The van der Waals surface area contributed by atoms with Crippen molar-refractivity contribution in [3.63, 3.8) is 0 Å². The second kappa shape index (κ2) is 16.1. The summed E-state index contributed by atoms with van der Waals surface area (Å²) in [6.45, 7) is 7.72. The average molecular weight is 665 g/mol. The summed E-state index contributed by atoms with van der Waals surface area (Å²) >= 11 is 0. The van der Waals surface area contributed by atoms with E-state index in [1.165, 1.54) is 6.07 Å². The summed E-state index contributed by atoms with van der Waals surface area (Å²) in [5, 5.41) is 6.53. The number of aromatic nitrogens is 1. The number of rotatable bonds is 12. The van der Waals surface area contributed by atoms with Crippen LogP contribution in [0.25, 0.3) is 10.9 Å². The van der Waals surface area contributed by atoms with Gasteiger partial charge in [0.05, 0.1) is 12.1 Å². The highest BCUT2D eigenvalue weighted by atomic mass is 16.6. The van der Waals surface area contributed by atoms with Crippen LogP contribution in [0, 0.1) is 6.92 Å². The molecule has 1 aromatic heterocycles. The van der Waals surface area contributed by atoms with Gasteiger partial charge in [-0.1, -0.05) is 26.3 Å². The Hall–Kier alpha value is -4.42. The van der Waals surface area contributed by atoms with Crippen LogP contribution in [0.5, 0.6) is 5.75 Å². The van der Waals surface area contributed by atoms with Crippen molar-refractivity contribution in [3.8, 4) is 5.75 Å². The minimum absolute atomic E-state index is 0.0559. The lowest BCUT2D eigenvalue weighted by molar-refractivity contribution is -0.140. The van der Waals surface area contributed by atoms with Gasteiger partial charge < -0.3 is 34.8 Å². The fourth-order valence-corrected chi connectivity index (χ4v) is 6.25. The van der Waals surface area contributed by atoms with Gasteiger partial charge in [0, 0.05) is 50.2 Å². The molecule has 13 nitrogen and oxygen atoms in total. The van der Waals surface area contributed by atoms with Gasteiger partial charge >= 0.3 is 6.09 Å². The lowest BCUT2D eigenvalue weighted by Gasteiger charge is -2.35. The summed E-state index contributed by atoms with van der Waals surface area (Å²) in [5.41, 5.74) is 1.51. The fraction of sp³-hybridized carbons (Fsp3) is 0.600. The van der Waals surface area contributed by atoms with Gasteiger partial charge in [-0.05, 0) is 69.6 Å². The number of nitrogens with one attached hydrogen (secondary N) is 2. The number of carbonyl (C=O) groups is 5. The number of amides is 5. The first-order chi connectivity index (χ1) is 23.2. The first kappa shape index (κ1) is 34.9. The van der Waals surface area contributed by atoms with E-state index in [-0.39, 0.29) is 42.2 Å². The smallest absolute Gasteiger partial charge is 0.409 e. The van der Waals surface area contributed by atoms with Crippen LogP contribution in [-0.2, 0) is 19.1 Å². The number of hydrogen-bond acceptors (Lipinski definition) is 8. The molecular formula is C35H48N6O7. The molecule has 48 heavy (non-hydrogen) atoms. The SMILES string of the molecule is CCCCOC(=O)N1CCN(C(=O)[C@H](CC)NC(=O)c2cc(OCC(=O)N3CCC[C@H]3C(=O)NC3CCC3)c3ccc(C)cc3n2)CC1. The molecule has 2 saturated heterocycles. The lowest BCUT2D eigenvalue weighted by atomic mass is 9.93. The fourth-order valence-electron chi connectivity index (χ4n) is 6.25. The number of aryl methyl sites for hydroxylation is 1. The van der Waals surface area contributed by atoms with Crippen molar-refractivity contribution in [3.05, 3.63) is 35.5 Å². The highest BCUT2D eigenvalue weighted by Gasteiger charge is 2.36. The molecule has 2 atom stereocenters. The van der Waals surface area contributed by atoms with Crippen LogP contribution in [0.3, 0.4) is 0 Å². The number of benzene rings is 1. The first-order valence-electron chi connectivity index (χ1n) is 17.3. The number of ether oxygens (including phenoxy) is 2. The van der Waals surface area contributed by atoms with E-state index < -0.39 is 18.0 Å². The molecule has 1 saturated carbocycles. The molecule has 2 N–H and O–H groups in total. The Morgan fingerprint density at radius 2 is 1.71 bits per heavy atom. The van der Waals surface area contributed by atoms with Gasteiger partial charge in [0.15, 0.2) is 6.61 Å². The van der Waals surface area contributed by atoms with E-state index in [0.717, 1.165) is 44.1 Å². The standard InChI is InChI=1S/C35H48N6O7/c1-4-6-19-47-35(46)40-17-15-39(16-18-40)34(45)26(5-2)38-32(43)28-21-30(25-13-12-23(3)20-27(25)37-28)48-22-31(42)41-14-8-11-29(41)33(44)36-24-9-7-10-24/h12-13,20-21,24,26,29H,4-11,14-19,22H2,1-3H3,(H,36,44)(H,38,43)/t26-,29-/m0/s1. The highest BCUT2D eigenvalue weighted by Crippen LogP contribution is 2.28. The number of fused-ring (bicyclic) bond motifs is 1. The second-order valence-corrected chi connectivity index (χ2v) is 12.9. The Bertz CT molecular complexity index is 1500. The average Bonchev–Trinajstić information content (AvgIpc) is 3.57. The Morgan fingerprint density at radius 1 is 0.958 bits per heavy atom. The highest BCUT2D eigenvalue weighted by molar-refractivity contribution is 5.99. The molecule has 0 bridgehead atoms. The van der Waals surface area contributed by atoms with E-state index in [2.05, 4.69) is 15.6 Å². The summed E-state index contributed by atoms with van der Waals surface area (Å²) in [7, 11) is 0. The number of nitrogens with zero attached hydrogens (tertiary/aromatic N) is 4. The molecule has 2 aliphatic heterocycles. The Labute approximate surface area is 281 Å². The maximum absolute atomic E-state index is 13.5. The summed E-state index contributed by atoms with van der Waals surface area (Å²) < 4.78 is 11.3. The molecule has 2 aromatic rings. The summed E-state index contributed by atoms with van der Waals surface area (Å²) in [5.74, 6) is -0.865. The number of pyridine rings is 1. The van der Waals surface area contributed by atoms with E-state index >= 15 is 0 Å². The van der Waals surface area contributed by atoms with Gasteiger partial charge in [0.1, 0.15) is 23.5 Å². The van der Waals surface area contributed by atoms with Crippen LogP contribution < -0.4 is 15.4 Å². The number of hydrogen-bond donors (Lipinski definition) is 2. The van der Waals surface area contributed by atoms with Crippen molar-refractivity contribution >= 4 is 40.6 Å². The molecule has 1 aliphatic carbocycles. The molecule has 0 spiro atoms. The molecule has 3 fully saturated rings. The molecule has 0 radical (unpaired) electrons. The molecule has 0 unspecified atom stereocenters. The lowest BCUT2D eigenvalue weighted by Crippen LogP contribution is -2.55. The Morgan fingerprint density at radius 3 is 2.40 bits per heavy atom. The van der Waals surface area contributed by atoms with Gasteiger partial charge in [0.2, 0.25) is 11.8 Å². The predicted molar refractivity (Wildman–Crippen MR) is 178 cm³/mol. The van der Waals surface area contributed by atoms with Crippen LogP contribution >= 0.6 is 0 Å². The molecular weight excluding hydrogens is 616 g/mol. The molecule has 5 rings (SSSR count). The Kier molecular flexibility index (Phi) is 11.7. The largest absolute Gasteiger partial charge is 0.483 e. The van der Waals surface area contributed by atoms with E-state index in [9.17, 15) is 24.0 Å². The number of piperazine rings is 1. The zero-order valence-electron chi connectivity index (χ0n) is 28.3. The molecule has 1 aromatic carbocycles. The third kappa shape index (κ3) is 8.35. The van der Waals surface area contributed by atoms with Crippen molar-refractivity contribution < 1.29 is 33.4 Å². The van der Waals surface area contributed by atoms with E-state index in [4.69, 9.17) is 9.47 Å². The van der Waals surface area contributed by atoms with Gasteiger partial charge in [-0.25, -0.2) is 9.78 Å². The number of unbranched alkanes of at least 4 members (excludes halogenated alkanes) is 1. The van der Waals surface area contributed by atoms with Crippen molar-refractivity contribution in [2.24, 2.45) is 0 Å². The van der Waals surface area contributed by atoms with E-state index in [1.54, 1.807) is 14.7 Å².